The largest absolute Gasteiger partial charge is 0.497 e. The Kier molecular flexibility index (Phi) is 2.00. The van der Waals surface area contributed by atoms with E-state index in [4.69, 9.17) is 4.74 Å². The van der Waals surface area contributed by atoms with Gasteiger partial charge in [0, 0.05) is 0 Å². The van der Waals surface area contributed by atoms with Crippen molar-refractivity contribution >= 4 is 11.5 Å². The summed E-state index contributed by atoms with van der Waals surface area (Å²) in [6.07, 6.45) is 1.77. The Morgan fingerprint density at radius 1 is 1.43 bits per heavy atom. The first kappa shape index (κ1) is 8.81. The van der Waals surface area contributed by atoms with Crippen LogP contribution in [-0.2, 0) is 0 Å². The fourth-order valence-corrected chi connectivity index (χ4v) is 1.50. The quantitative estimate of drug-likeness (QED) is 0.688. The standard InChI is InChI=1S/C11H11NO2/c1-3-9-11(13)8-6-7(14-2)4-5-10(8)12-9/h3-6,12H,1-2H3. The maximum absolute atomic E-state index is 11.7. The van der Waals surface area contributed by atoms with E-state index in [-0.39, 0.29) is 5.78 Å². The highest BCUT2D eigenvalue weighted by Crippen LogP contribution is 2.30. The van der Waals surface area contributed by atoms with E-state index in [1.807, 2.05) is 19.1 Å². The maximum Gasteiger partial charge on any atom is 0.211 e. The van der Waals surface area contributed by atoms with Crippen molar-refractivity contribution in [2.45, 2.75) is 6.92 Å². The van der Waals surface area contributed by atoms with Crippen molar-refractivity contribution in [2.75, 3.05) is 12.4 Å². The van der Waals surface area contributed by atoms with Gasteiger partial charge in [-0.2, -0.15) is 0 Å². The van der Waals surface area contributed by atoms with Gasteiger partial charge < -0.3 is 10.1 Å². The van der Waals surface area contributed by atoms with Gasteiger partial charge in [-0.05, 0) is 25.1 Å². The van der Waals surface area contributed by atoms with Crippen LogP contribution >= 0.6 is 0 Å². The molecule has 0 amide bonds. The molecule has 0 fully saturated rings. The summed E-state index contributed by atoms with van der Waals surface area (Å²) in [5.74, 6) is 0.734. The molecule has 3 heteroatoms. The molecule has 0 spiro atoms. The molecule has 1 aliphatic rings. The SMILES string of the molecule is CC=C1Nc2ccc(OC)cc2C1=O. The van der Waals surface area contributed by atoms with Gasteiger partial charge in [0.15, 0.2) is 0 Å². The van der Waals surface area contributed by atoms with Gasteiger partial charge in [0.05, 0.1) is 24.1 Å². The fourth-order valence-electron chi connectivity index (χ4n) is 1.50. The zero-order valence-corrected chi connectivity index (χ0v) is 8.13. The lowest BCUT2D eigenvalue weighted by atomic mass is 10.1. The number of Topliss-reactive ketones (excluding diaryl/α,β-unsaturated/α-hetero) is 1. The van der Waals surface area contributed by atoms with Crippen molar-refractivity contribution in [3.8, 4) is 5.75 Å². The number of ketones is 1. The molecule has 0 radical (unpaired) electrons. The average molecular weight is 189 g/mol. The van der Waals surface area contributed by atoms with Crippen LogP contribution in [0.4, 0.5) is 5.69 Å². The van der Waals surface area contributed by atoms with Crippen LogP contribution in [0.2, 0.25) is 0 Å². The summed E-state index contributed by atoms with van der Waals surface area (Å²) in [4.78, 5) is 11.7. The fraction of sp³-hybridized carbons (Fsp3) is 0.182. The van der Waals surface area contributed by atoms with Crippen molar-refractivity contribution in [1.82, 2.24) is 0 Å². The summed E-state index contributed by atoms with van der Waals surface area (Å²) in [7, 11) is 1.59. The van der Waals surface area contributed by atoms with Crippen LogP contribution in [-0.4, -0.2) is 12.9 Å². The van der Waals surface area contributed by atoms with E-state index in [0.29, 0.717) is 17.0 Å². The highest BCUT2D eigenvalue weighted by molar-refractivity contribution is 6.18. The number of hydrogen-bond acceptors (Lipinski definition) is 3. The van der Waals surface area contributed by atoms with Crippen LogP contribution in [0.15, 0.2) is 30.0 Å². The molecule has 3 nitrogen and oxygen atoms in total. The third-order valence-electron chi connectivity index (χ3n) is 2.27. The molecule has 0 unspecified atom stereocenters. The van der Waals surface area contributed by atoms with Crippen molar-refractivity contribution in [3.05, 3.63) is 35.5 Å². The Balaban J connectivity index is 2.50. The van der Waals surface area contributed by atoms with Gasteiger partial charge in [-0.1, -0.05) is 6.08 Å². The summed E-state index contributed by atoms with van der Waals surface area (Å²) in [6, 6.07) is 5.43. The number of carbonyl (C=O) groups excluding carboxylic acids is 1. The molecule has 0 saturated carbocycles. The number of anilines is 1. The molecule has 14 heavy (non-hydrogen) atoms. The van der Waals surface area contributed by atoms with Crippen molar-refractivity contribution in [2.24, 2.45) is 0 Å². The van der Waals surface area contributed by atoms with Crippen LogP contribution in [0.5, 0.6) is 5.75 Å². The molecule has 0 aliphatic carbocycles. The van der Waals surface area contributed by atoms with E-state index >= 15 is 0 Å². The number of fused-ring (bicyclic) bond motifs is 1. The Bertz CT molecular complexity index is 421. The second kappa shape index (κ2) is 3.18. The maximum atomic E-state index is 11.7. The van der Waals surface area contributed by atoms with E-state index in [1.54, 1.807) is 19.3 Å². The number of nitrogens with one attached hydrogen (secondary N) is 1. The molecule has 0 saturated heterocycles. The number of allylic oxidation sites excluding steroid dienone is 2. The molecule has 72 valence electrons. The minimum atomic E-state index is 0.0291. The molecule has 0 atom stereocenters. The van der Waals surface area contributed by atoms with Gasteiger partial charge in [0.2, 0.25) is 5.78 Å². The molecule has 1 aromatic rings. The Morgan fingerprint density at radius 3 is 2.86 bits per heavy atom. The van der Waals surface area contributed by atoms with Crippen molar-refractivity contribution < 1.29 is 9.53 Å². The van der Waals surface area contributed by atoms with Gasteiger partial charge in [0.25, 0.3) is 0 Å². The number of carbonyl (C=O) groups is 1. The molecule has 0 aromatic heterocycles. The lowest BCUT2D eigenvalue weighted by Crippen LogP contribution is -1.98. The van der Waals surface area contributed by atoms with Crippen molar-refractivity contribution in [1.29, 1.82) is 0 Å². The van der Waals surface area contributed by atoms with Gasteiger partial charge in [-0.15, -0.1) is 0 Å². The smallest absolute Gasteiger partial charge is 0.211 e. The first-order chi connectivity index (χ1) is 6.76. The van der Waals surface area contributed by atoms with E-state index in [9.17, 15) is 4.79 Å². The summed E-state index contributed by atoms with van der Waals surface area (Å²) in [5, 5.41) is 3.04. The lowest BCUT2D eigenvalue weighted by molar-refractivity contribution is 0.104. The topological polar surface area (TPSA) is 38.3 Å². The van der Waals surface area contributed by atoms with E-state index in [2.05, 4.69) is 5.32 Å². The Labute approximate surface area is 82.4 Å². The second-order valence-electron chi connectivity index (χ2n) is 3.07. The molecule has 1 N–H and O–H groups in total. The highest BCUT2D eigenvalue weighted by Gasteiger charge is 2.23. The molecule has 0 bridgehead atoms. The van der Waals surface area contributed by atoms with Gasteiger partial charge in [-0.3, -0.25) is 4.79 Å². The van der Waals surface area contributed by atoms with Crippen LogP contribution in [0.25, 0.3) is 0 Å². The first-order valence-corrected chi connectivity index (χ1v) is 4.42. The molecule has 1 heterocycles. The third-order valence-corrected chi connectivity index (χ3v) is 2.27. The zero-order chi connectivity index (χ0) is 10.1. The van der Waals surface area contributed by atoms with Crippen LogP contribution in [0.3, 0.4) is 0 Å². The molecule has 2 rings (SSSR count). The highest BCUT2D eigenvalue weighted by atomic mass is 16.5. The number of methoxy groups -OCH3 is 1. The minimum Gasteiger partial charge on any atom is -0.497 e. The first-order valence-electron chi connectivity index (χ1n) is 4.42. The normalized spacial score (nSPS) is 16.7. The average Bonchev–Trinajstić information content (AvgIpc) is 2.55. The van der Waals surface area contributed by atoms with Crippen LogP contribution < -0.4 is 10.1 Å². The van der Waals surface area contributed by atoms with Gasteiger partial charge in [-0.25, -0.2) is 0 Å². The summed E-state index contributed by atoms with van der Waals surface area (Å²) in [5.41, 5.74) is 2.16. The number of hydrogen-bond donors (Lipinski definition) is 1. The molecular formula is C11H11NO2. The van der Waals surface area contributed by atoms with E-state index in [1.165, 1.54) is 0 Å². The monoisotopic (exact) mass is 189 g/mol. The summed E-state index contributed by atoms with van der Waals surface area (Å²) < 4.78 is 5.06. The van der Waals surface area contributed by atoms with Crippen LogP contribution in [0, 0.1) is 0 Å². The van der Waals surface area contributed by atoms with Crippen LogP contribution in [0.1, 0.15) is 17.3 Å². The van der Waals surface area contributed by atoms with Gasteiger partial charge >= 0.3 is 0 Å². The predicted molar refractivity (Wildman–Crippen MR) is 54.7 cm³/mol. The minimum absolute atomic E-state index is 0.0291. The number of rotatable bonds is 1. The molecule has 1 aromatic carbocycles. The third kappa shape index (κ3) is 1.18. The molecule has 1 aliphatic heterocycles. The second-order valence-corrected chi connectivity index (χ2v) is 3.07. The van der Waals surface area contributed by atoms with Crippen molar-refractivity contribution in [3.63, 3.8) is 0 Å². The Hall–Kier alpha value is -1.77. The lowest BCUT2D eigenvalue weighted by Gasteiger charge is -2.01. The number of ether oxygens (including phenoxy) is 1. The predicted octanol–water partition coefficient (Wildman–Crippen LogP) is 2.21. The van der Waals surface area contributed by atoms with Gasteiger partial charge in [0.1, 0.15) is 5.75 Å². The van der Waals surface area contributed by atoms with E-state index < -0.39 is 0 Å². The zero-order valence-electron chi connectivity index (χ0n) is 8.13. The number of benzene rings is 1. The summed E-state index contributed by atoms with van der Waals surface area (Å²) >= 11 is 0. The summed E-state index contributed by atoms with van der Waals surface area (Å²) in [6.45, 7) is 1.84. The molecular weight excluding hydrogens is 178 g/mol. The van der Waals surface area contributed by atoms with E-state index in [0.717, 1.165) is 5.69 Å². The Morgan fingerprint density at radius 2 is 2.21 bits per heavy atom.